The molecule has 86 valence electrons. The predicted octanol–water partition coefficient (Wildman–Crippen LogP) is 2.72. The number of benzene rings is 1. The van der Waals surface area contributed by atoms with Crippen molar-refractivity contribution in [2.24, 2.45) is 7.05 Å². The third kappa shape index (κ3) is 1.75. The van der Waals surface area contributed by atoms with Gasteiger partial charge in [-0.05, 0) is 22.9 Å². The van der Waals surface area contributed by atoms with E-state index in [0.717, 1.165) is 10.9 Å². The van der Waals surface area contributed by atoms with E-state index in [9.17, 15) is 5.11 Å². The zero-order chi connectivity index (χ0) is 11.8. The van der Waals surface area contributed by atoms with Crippen molar-refractivity contribution in [1.82, 2.24) is 9.78 Å². The van der Waals surface area contributed by atoms with E-state index in [1.807, 2.05) is 42.9 Å². The summed E-state index contributed by atoms with van der Waals surface area (Å²) >= 11 is 1.65. The Hall–Kier alpha value is -1.65. The number of hydrogen-bond donors (Lipinski definition) is 1. The fourth-order valence-corrected chi connectivity index (χ4v) is 2.93. The lowest BCUT2D eigenvalue weighted by Crippen LogP contribution is -2.00. The topological polar surface area (TPSA) is 38.0 Å². The Balaban J connectivity index is 2.09. The summed E-state index contributed by atoms with van der Waals surface area (Å²) in [5, 5.41) is 17.7. The van der Waals surface area contributed by atoms with Crippen molar-refractivity contribution in [3.63, 3.8) is 0 Å². The fourth-order valence-electron chi connectivity index (χ4n) is 1.95. The van der Waals surface area contributed by atoms with Crippen LogP contribution in [-0.2, 0) is 7.05 Å². The molecule has 0 spiro atoms. The first-order chi connectivity index (χ1) is 8.25. The molecule has 1 aromatic carbocycles. The van der Waals surface area contributed by atoms with Crippen LogP contribution in [0.3, 0.4) is 0 Å². The van der Waals surface area contributed by atoms with Crippen LogP contribution in [0, 0.1) is 0 Å². The maximum atomic E-state index is 10.3. The van der Waals surface area contributed by atoms with Gasteiger partial charge in [-0.1, -0.05) is 18.2 Å². The van der Waals surface area contributed by atoms with E-state index >= 15 is 0 Å². The highest BCUT2D eigenvalue weighted by molar-refractivity contribution is 7.17. The molecule has 3 rings (SSSR count). The quantitative estimate of drug-likeness (QED) is 0.752. The molecule has 3 nitrogen and oxygen atoms in total. The van der Waals surface area contributed by atoms with E-state index < -0.39 is 6.10 Å². The second kappa shape index (κ2) is 3.98. The Morgan fingerprint density at radius 3 is 2.88 bits per heavy atom. The monoisotopic (exact) mass is 244 g/mol. The summed E-state index contributed by atoms with van der Waals surface area (Å²) in [6.07, 6.45) is 1.19. The third-order valence-corrected chi connectivity index (χ3v) is 3.80. The van der Waals surface area contributed by atoms with E-state index in [0.29, 0.717) is 5.69 Å². The summed E-state index contributed by atoms with van der Waals surface area (Å²) in [5.74, 6) is 0. The smallest absolute Gasteiger partial charge is 0.124 e. The molecule has 2 aromatic heterocycles. The second-order valence-electron chi connectivity index (χ2n) is 4.00. The number of hydrogen-bond acceptors (Lipinski definition) is 3. The lowest BCUT2D eigenvalue weighted by molar-refractivity contribution is 0.216. The molecule has 0 bridgehead atoms. The molecule has 0 saturated heterocycles. The second-order valence-corrected chi connectivity index (χ2v) is 4.92. The Bertz CT molecular complexity index is 656. The molecular formula is C13H12N2OS. The van der Waals surface area contributed by atoms with Crippen LogP contribution in [0.4, 0.5) is 0 Å². The maximum absolute atomic E-state index is 10.3. The Morgan fingerprint density at radius 2 is 2.12 bits per heavy atom. The molecule has 2 heterocycles. The van der Waals surface area contributed by atoms with Gasteiger partial charge < -0.3 is 5.11 Å². The summed E-state index contributed by atoms with van der Waals surface area (Å²) in [5.41, 5.74) is 1.63. The summed E-state index contributed by atoms with van der Waals surface area (Å²) in [6.45, 7) is 0. The lowest BCUT2D eigenvalue weighted by Gasteiger charge is -2.06. The van der Waals surface area contributed by atoms with Crippen molar-refractivity contribution in [1.29, 1.82) is 0 Å². The van der Waals surface area contributed by atoms with Gasteiger partial charge >= 0.3 is 0 Å². The zero-order valence-corrected chi connectivity index (χ0v) is 10.2. The van der Waals surface area contributed by atoms with Crippen LogP contribution in [0.5, 0.6) is 0 Å². The lowest BCUT2D eigenvalue weighted by atomic mass is 10.1. The fraction of sp³-hybridized carbons (Fsp3) is 0.154. The van der Waals surface area contributed by atoms with E-state index in [4.69, 9.17) is 0 Å². The number of nitrogens with zero attached hydrogens (tertiary/aromatic N) is 2. The molecule has 0 fully saturated rings. The van der Waals surface area contributed by atoms with E-state index in [1.165, 1.54) is 4.70 Å². The van der Waals surface area contributed by atoms with Gasteiger partial charge in [0, 0.05) is 23.5 Å². The highest BCUT2D eigenvalue weighted by Crippen LogP contribution is 2.32. The highest BCUT2D eigenvalue weighted by Gasteiger charge is 2.16. The van der Waals surface area contributed by atoms with Gasteiger partial charge in [-0.25, -0.2) is 0 Å². The molecule has 3 aromatic rings. The first kappa shape index (κ1) is 10.5. The van der Waals surface area contributed by atoms with Crippen molar-refractivity contribution >= 4 is 21.4 Å². The van der Waals surface area contributed by atoms with Crippen LogP contribution in [0.15, 0.2) is 41.9 Å². The summed E-state index contributed by atoms with van der Waals surface area (Å²) < 4.78 is 2.89. The standard InChI is InChI=1S/C13H12N2OS/c1-15-7-6-11(14-15)13(16)10-8-17-12-5-3-2-4-9(10)12/h2-8,13,16H,1H3. The Labute approximate surface area is 103 Å². The number of aryl methyl sites for hydroxylation is 1. The van der Waals surface area contributed by atoms with E-state index in [2.05, 4.69) is 11.2 Å². The average Bonchev–Trinajstić information content (AvgIpc) is 2.94. The molecule has 0 aliphatic rings. The molecule has 1 N–H and O–H groups in total. The molecule has 0 saturated carbocycles. The van der Waals surface area contributed by atoms with Crippen molar-refractivity contribution in [2.75, 3.05) is 0 Å². The number of aliphatic hydroxyl groups is 1. The summed E-state index contributed by atoms with van der Waals surface area (Å²) in [4.78, 5) is 0. The third-order valence-electron chi connectivity index (χ3n) is 2.82. The van der Waals surface area contributed by atoms with Gasteiger partial charge in [0.2, 0.25) is 0 Å². The Morgan fingerprint density at radius 1 is 1.29 bits per heavy atom. The van der Waals surface area contributed by atoms with Crippen LogP contribution in [0.25, 0.3) is 10.1 Å². The average molecular weight is 244 g/mol. The van der Waals surface area contributed by atoms with Crippen LogP contribution in [-0.4, -0.2) is 14.9 Å². The van der Waals surface area contributed by atoms with Gasteiger partial charge in [-0.2, -0.15) is 5.10 Å². The minimum atomic E-state index is -0.646. The normalized spacial score (nSPS) is 13.1. The minimum absolute atomic E-state index is 0.646. The van der Waals surface area contributed by atoms with Gasteiger partial charge in [0.05, 0.1) is 5.69 Å². The predicted molar refractivity (Wildman–Crippen MR) is 69.1 cm³/mol. The van der Waals surface area contributed by atoms with E-state index in [1.54, 1.807) is 16.0 Å². The van der Waals surface area contributed by atoms with Gasteiger partial charge in [-0.3, -0.25) is 4.68 Å². The number of aromatic nitrogens is 2. The van der Waals surface area contributed by atoms with Gasteiger partial charge in [0.25, 0.3) is 0 Å². The van der Waals surface area contributed by atoms with Crippen LogP contribution in [0.2, 0.25) is 0 Å². The maximum Gasteiger partial charge on any atom is 0.124 e. The van der Waals surface area contributed by atoms with Crippen LogP contribution >= 0.6 is 11.3 Å². The molecule has 4 heteroatoms. The number of thiophene rings is 1. The number of rotatable bonds is 2. The molecule has 0 radical (unpaired) electrons. The molecule has 0 aliphatic heterocycles. The molecular weight excluding hydrogens is 232 g/mol. The van der Waals surface area contributed by atoms with Crippen molar-refractivity contribution in [3.05, 3.63) is 53.2 Å². The van der Waals surface area contributed by atoms with Crippen molar-refractivity contribution in [2.45, 2.75) is 6.10 Å². The largest absolute Gasteiger partial charge is 0.382 e. The first-order valence-electron chi connectivity index (χ1n) is 5.39. The molecule has 1 atom stereocenters. The molecule has 17 heavy (non-hydrogen) atoms. The van der Waals surface area contributed by atoms with Gasteiger partial charge in [0.1, 0.15) is 6.10 Å². The van der Waals surface area contributed by atoms with Crippen molar-refractivity contribution < 1.29 is 5.11 Å². The van der Waals surface area contributed by atoms with Crippen LogP contribution < -0.4 is 0 Å². The SMILES string of the molecule is Cn1ccc(C(O)c2csc3ccccc23)n1. The van der Waals surface area contributed by atoms with Crippen molar-refractivity contribution in [3.8, 4) is 0 Å². The first-order valence-corrected chi connectivity index (χ1v) is 6.27. The van der Waals surface area contributed by atoms with Gasteiger partial charge in [0.15, 0.2) is 0 Å². The number of aliphatic hydroxyl groups excluding tert-OH is 1. The summed E-state index contributed by atoms with van der Waals surface area (Å²) in [7, 11) is 1.85. The zero-order valence-electron chi connectivity index (χ0n) is 9.37. The summed E-state index contributed by atoms with van der Waals surface area (Å²) in [6, 6.07) is 9.94. The minimum Gasteiger partial charge on any atom is -0.382 e. The molecule has 0 aliphatic carbocycles. The van der Waals surface area contributed by atoms with Crippen LogP contribution in [0.1, 0.15) is 17.4 Å². The van der Waals surface area contributed by atoms with E-state index in [-0.39, 0.29) is 0 Å². The molecule has 0 amide bonds. The number of fused-ring (bicyclic) bond motifs is 1. The Kier molecular flexibility index (Phi) is 2.46. The molecule has 1 unspecified atom stereocenters. The highest BCUT2D eigenvalue weighted by atomic mass is 32.1. The van der Waals surface area contributed by atoms with Gasteiger partial charge in [-0.15, -0.1) is 11.3 Å².